The third kappa shape index (κ3) is 6.32. The SMILES string of the molecule is CC(/C=C(/C)Nc1c(C(C)C)cccc1C(C)C)=NC1C(C(C)C)=CC=CC1=C(C)C. The zero-order valence-electron chi connectivity index (χ0n) is 21.3. The van der Waals surface area contributed by atoms with E-state index < -0.39 is 0 Å². The second-order valence-electron chi connectivity index (χ2n) is 9.88. The zero-order chi connectivity index (χ0) is 23.3. The van der Waals surface area contributed by atoms with Gasteiger partial charge in [0.1, 0.15) is 0 Å². The van der Waals surface area contributed by atoms with Crippen LogP contribution in [0.15, 0.2) is 69.9 Å². The van der Waals surface area contributed by atoms with E-state index in [-0.39, 0.29) is 6.04 Å². The summed E-state index contributed by atoms with van der Waals surface area (Å²) >= 11 is 0. The predicted octanol–water partition coefficient (Wildman–Crippen LogP) is 8.57. The first-order valence-corrected chi connectivity index (χ1v) is 11.7. The van der Waals surface area contributed by atoms with Crippen molar-refractivity contribution in [2.24, 2.45) is 10.9 Å². The highest BCUT2D eigenvalue weighted by Crippen LogP contribution is 2.33. The van der Waals surface area contributed by atoms with Gasteiger partial charge >= 0.3 is 0 Å². The molecule has 31 heavy (non-hydrogen) atoms. The molecule has 2 heteroatoms. The van der Waals surface area contributed by atoms with Crippen molar-refractivity contribution in [1.82, 2.24) is 0 Å². The summed E-state index contributed by atoms with van der Waals surface area (Å²) < 4.78 is 0. The van der Waals surface area contributed by atoms with E-state index in [1.165, 1.54) is 33.5 Å². The quantitative estimate of drug-likeness (QED) is 0.441. The Hall–Kier alpha value is -2.35. The monoisotopic (exact) mass is 418 g/mol. The normalized spacial score (nSPS) is 17.6. The summed E-state index contributed by atoms with van der Waals surface area (Å²) in [4.78, 5) is 5.16. The lowest BCUT2D eigenvalue weighted by atomic mass is 9.85. The minimum Gasteiger partial charge on any atom is -0.359 e. The number of hydrogen-bond acceptors (Lipinski definition) is 2. The Labute approximate surface area is 191 Å². The van der Waals surface area contributed by atoms with Crippen LogP contribution >= 0.6 is 0 Å². The molecule has 1 aromatic rings. The molecule has 1 aliphatic carbocycles. The molecule has 0 saturated heterocycles. The van der Waals surface area contributed by atoms with Crippen molar-refractivity contribution in [3.63, 3.8) is 0 Å². The maximum atomic E-state index is 5.16. The number of anilines is 1. The average molecular weight is 419 g/mol. The van der Waals surface area contributed by atoms with Gasteiger partial charge in [0.05, 0.1) is 6.04 Å². The molecule has 1 aliphatic rings. The molecule has 1 atom stereocenters. The van der Waals surface area contributed by atoms with Crippen LogP contribution in [0, 0.1) is 5.92 Å². The molecule has 0 aliphatic heterocycles. The fourth-order valence-electron chi connectivity index (χ4n) is 4.20. The van der Waals surface area contributed by atoms with Crippen LogP contribution in [-0.4, -0.2) is 11.8 Å². The summed E-state index contributed by atoms with van der Waals surface area (Å²) in [5.74, 6) is 1.41. The van der Waals surface area contributed by atoms with E-state index in [2.05, 4.69) is 117 Å². The minimum absolute atomic E-state index is 0.105. The maximum Gasteiger partial charge on any atom is 0.0967 e. The van der Waals surface area contributed by atoms with Gasteiger partial charge in [-0.3, -0.25) is 4.99 Å². The Morgan fingerprint density at radius 3 is 1.97 bits per heavy atom. The zero-order valence-corrected chi connectivity index (χ0v) is 21.3. The first kappa shape index (κ1) is 24.9. The van der Waals surface area contributed by atoms with Gasteiger partial charge in [-0.15, -0.1) is 0 Å². The van der Waals surface area contributed by atoms with Crippen molar-refractivity contribution in [3.05, 3.63) is 76.0 Å². The molecule has 2 nitrogen and oxygen atoms in total. The molecular weight excluding hydrogens is 376 g/mol. The third-order valence-corrected chi connectivity index (χ3v) is 5.87. The Morgan fingerprint density at radius 2 is 1.48 bits per heavy atom. The first-order valence-electron chi connectivity index (χ1n) is 11.7. The number of aliphatic imine (C=N–C) groups is 1. The molecule has 0 spiro atoms. The van der Waals surface area contributed by atoms with E-state index in [1.807, 2.05) is 0 Å². The fourth-order valence-corrected chi connectivity index (χ4v) is 4.20. The topological polar surface area (TPSA) is 24.4 Å². The van der Waals surface area contributed by atoms with Crippen LogP contribution in [0.25, 0.3) is 0 Å². The van der Waals surface area contributed by atoms with Crippen molar-refractivity contribution < 1.29 is 0 Å². The van der Waals surface area contributed by atoms with Gasteiger partial charge in [0.15, 0.2) is 0 Å². The van der Waals surface area contributed by atoms with Gasteiger partial charge in [-0.05, 0) is 73.8 Å². The number of benzene rings is 1. The lowest BCUT2D eigenvalue weighted by molar-refractivity contribution is 0.687. The second kappa shape index (κ2) is 10.8. The van der Waals surface area contributed by atoms with Crippen LogP contribution in [0.3, 0.4) is 0 Å². The molecule has 0 aromatic heterocycles. The summed E-state index contributed by atoms with van der Waals surface area (Å²) in [6, 6.07) is 6.76. The van der Waals surface area contributed by atoms with Crippen LogP contribution in [0.2, 0.25) is 0 Å². The van der Waals surface area contributed by atoms with Gasteiger partial charge in [-0.2, -0.15) is 0 Å². The van der Waals surface area contributed by atoms with E-state index in [0.717, 1.165) is 11.4 Å². The number of hydrogen-bond donors (Lipinski definition) is 1. The van der Waals surface area contributed by atoms with E-state index in [0.29, 0.717) is 17.8 Å². The van der Waals surface area contributed by atoms with Crippen molar-refractivity contribution in [2.75, 3.05) is 5.32 Å². The molecule has 0 fully saturated rings. The van der Waals surface area contributed by atoms with Crippen LogP contribution < -0.4 is 5.32 Å². The van der Waals surface area contributed by atoms with Gasteiger partial charge in [0.2, 0.25) is 0 Å². The van der Waals surface area contributed by atoms with E-state index >= 15 is 0 Å². The largest absolute Gasteiger partial charge is 0.359 e. The Kier molecular flexibility index (Phi) is 8.68. The molecular formula is C29H42N2. The Balaban J connectivity index is 2.40. The van der Waals surface area contributed by atoms with Crippen LogP contribution in [0.4, 0.5) is 5.69 Å². The summed E-state index contributed by atoms with van der Waals surface area (Å²) in [5.41, 5.74) is 10.2. The summed E-state index contributed by atoms with van der Waals surface area (Å²) in [7, 11) is 0. The van der Waals surface area contributed by atoms with Crippen molar-refractivity contribution in [2.45, 2.75) is 87.1 Å². The summed E-state index contributed by atoms with van der Waals surface area (Å²) in [5, 5.41) is 3.72. The molecule has 168 valence electrons. The number of allylic oxidation sites excluding steroid dienone is 5. The van der Waals surface area contributed by atoms with Gasteiger partial charge in [-0.1, -0.05) is 83.5 Å². The molecule has 0 heterocycles. The number of nitrogens with zero attached hydrogens (tertiary/aromatic N) is 1. The van der Waals surface area contributed by atoms with Crippen molar-refractivity contribution in [1.29, 1.82) is 0 Å². The lowest BCUT2D eigenvalue weighted by Gasteiger charge is -2.25. The first-order chi connectivity index (χ1) is 14.5. The van der Waals surface area contributed by atoms with E-state index in [9.17, 15) is 0 Å². The van der Waals surface area contributed by atoms with Gasteiger partial charge < -0.3 is 5.32 Å². The molecule has 1 aromatic carbocycles. The molecule has 0 radical (unpaired) electrons. The molecule has 0 amide bonds. The number of nitrogens with one attached hydrogen (secondary N) is 1. The molecule has 0 saturated carbocycles. The van der Waals surface area contributed by atoms with Gasteiger partial charge in [0, 0.05) is 17.1 Å². The van der Waals surface area contributed by atoms with Crippen LogP contribution in [-0.2, 0) is 0 Å². The smallest absolute Gasteiger partial charge is 0.0967 e. The van der Waals surface area contributed by atoms with Crippen molar-refractivity contribution >= 4 is 11.4 Å². The standard InChI is InChI=1S/C29H42N2/c1-18(2)24-13-11-14-25(19(3)4)28(24)30-22(9)17-23(10)31-29-26(20(5)6)15-12-16-27(29)21(7)8/h11-20,29-30H,1-10H3/b22-17-,31-23?. The fraction of sp³-hybridized carbons (Fsp3) is 0.483. The molecule has 0 bridgehead atoms. The Bertz CT molecular complexity index is 903. The highest BCUT2D eigenvalue weighted by Gasteiger charge is 2.22. The second-order valence-corrected chi connectivity index (χ2v) is 9.88. The van der Waals surface area contributed by atoms with E-state index in [4.69, 9.17) is 4.99 Å². The van der Waals surface area contributed by atoms with Gasteiger partial charge in [0.25, 0.3) is 0 Å². The highest BCUT2D eigenvalue weighted by molar-refractivity contribution is 5.94. The third-order valence-electron chi connectivity index (χ3n) is 5.87. The van der Waals surface area contributed by atoms with Crippen molar-refractivity contribution in [3.8, 4) is 0 Å². The molecule has 1 unspecified atom stereocenters. The van der Waals surface area contributed by atoms with Crippen LogP contribution in [0.5, 0.6) is 0 Å². The van der Waals surface area contributed by atoms with Gasteiger partial charge in [-0.25, -0.2) is 0 Å². The van der Waals surface area contributed by atoms with Crippen LogP contribution in [0.1, 0.15) is 92.2 Å². The molecule has 1 N–H and O–H groups in total. The minimum atomic E-state index is 0.105. The maximum absolute atomic E-state index is 5.16. The average Bonchev–Trinajstić information content (AvgIpc) is 2.67. The molecule has 2 rings (SSSR count). The Morgan fingerprint density at radius 1 is 0.903 bits per heavy atom. The summed E-state index contributed by atoms with van der Waals surface area (Å²) in [6.45, 7) is 22.2. The predicted molar refractivity (Wildman–Crippen MR) is 139 cm³/mol. The number of rotatable bonds is 7. The lowest BCUT2D eigenvalue weighted by Crippen LogP contribution is -2.19. The number of para-hydroxylation sites is 1. The summed E-state index contributed by atoms with van der Waals surface area (Å²) in [6.07, 6.45) is 8.80. The highest BCUT2D eigenvalue weighted by atomic mass is 14.9. The van der Waals surface area contributed by atoms with E-state index in [1.54, 1.807) is 0 Å².